The van der Waals surface area contributed by atoms with E-state index in [0.29, 0.717) is 0 Å². The van der Waals surface area contributed by atoms with Crippen molar-refractivity contribution in [1.29, 1.82) is 0 Å². The number of nitrogens with zero attached hydrogens (tertiary/aromatic N) is 1. The SMILES string of the molecule is CCCCCCCCCCCCCCCC(CCC)N1CCCC1. The molecule has 0 radical (unpaired) electrons. The van der Waals surface area contributed by atoms with E-state index in [-0.39, 0.29) is 0 Å². The largest absolute Gasteiger partial charge is 0.300 e. The molecule has 1 rings (SSSR count). The molecule has 1 heterocycles. The first-order chi connectivity index (χ1) is 11.9. The first-order valence-corrected chi connectivity index (χ1v) is 11.6. The monoisotopic (exact) mass is 337 g/mol. The molecular formula is C23H47N. The van der Waals surface area contributed by atoms with Gasteiger partial charge in [-0.2, -0.15) is 0 Å². The maximum atomic E-state index is 2.78. The van der Waals surface area contributed by atoms with Crippen LogP contribution in [-0.2, 0) is 0 Å². The molecule has 0 spiro atoms. The van der Waals surface area contributed by atoms with Crippen molar-refractivity contribution in [2.75, 3.05) is 13.1 Å². The Bertz CT molecular complexity index is 244. The Morgan fingerprint density at radius 1 is 0.542 bits per heavy atom. The Morgan fingerprint density at radius 2 is 1.00 bits per heavy atom. The Labute approximate surface area is 154 Å². The summed E-state index contributed by atoms with van der Waals surface area (Å²) in [6, 6.07) is 0.908. The highest BCUT2D eigenvalue weighted by Crippen LogP contribution is 2.21. The summed E-state index contributed by atoms with van der Waals surface area (Å²) in [6.07, 6.45) is 26.2. The van der Waals surface area contributed by atoms with E-state index >= 15 is 0 Å². The molecule has 144 valence electrons. The fourth-order valence-corrected chi connectivity index (χ4v) is 4.35. The van der Waals surface area contributed by atoms with Crippen molar-refractivity contribution < 1.29 is 0 Å². The first-order valence-electron chi connectivity index (χ1n) is 11.6. The van der Waals surface area contributed by atoms with Crippen molar-refractivity contribution >= 4 is 0 Å². The van der Waals surface area contributed by atoms with Crippen LogP contribution in [0.5, 0.6) is 0 Å². The van der Waals surface area contributed by atoms with E-state index in [0.717, 1.165) is 6.04 Å². The van der Waals surface area contributed by atoms with Gasteiger partial charge < -0.3 is 4.90 Å². The molecule has 1 heteroatoms. The van der Waals surface area contributed by atoms with Crippen LogP contribution in [0.2, 0.25) is 0 Å². The van der Waals surface area contributed by atoms with E-state index < -0.39 is 0 Å². The third kappa shape index (κ3) is 11.5. The van der Waals surface area contributed by atoms with Crippen LogP contribution < -0.4 is 0 Å². The van der Waals surface area contributed by atoms with Gasteiger partial charge in [0.2, 0.25) is 0 Å². The number of hydrogen-bond donors (Lipinski definition) is 0. The highest BCUT2D eigenvalue weighted by molar-refractivity contribution is 4.76. The van der Waals surface area contributed by atoms with Gasteiger partial charge in [0.15, 0.2) is 0 Å². The van der Waals surface area contributed by atoms with Crippen LogP contribution in [0.3, 0.4) is 0 Å². The van der Waals surface area contributed by atoms with Crippen LogP contribution in [-0.4, -0.2) is 24.0 Å². The summed E-state index contributed by atoms with van der Waals surface area (Å²) in [5.74, 6) is 0. The van der Waals surface area contributed by atoms with E-state index in [1.165, 1.54) is 129 Å². The average molecular weight is 338 g/mol. The van der Waals surface area contributed by atoms with Crippen molar-refractivity contribution in [2.24, 2.45) is 0 Å². The summed E-state index contributed by atoms with van der Waals surface area (Å²) in [4.78, 5) is 2.78. The van der Waals surface area contributed by atoms with Crippen LogP contribution in [0.1, 0.15) is 129 Å². The molecule has 0 aromatic heterocycles. The second-order valence-corrected chi connectivity index (χ2v) is 8.22. The maximum Gasteiger partial charge on any atom is 0.00951 e. The fraction of sp³-hybridized carbons (Fsp3) is 1.00. The quantitative estimate of drug-likeness (QED) is 0.245. The van der Waals surface area contributed by atoms with Crippen LogP contribution in [0.25, 0.3) is 0 Å². The third-order valence-electron chi connectivity index (χ3n) is 5.92. The minimum atomic E-state index is 0.908. The van der Waals surface area contributed by atoms with Gasteiger partial charge in [0, 0.05) is 6.04 Å². The van der Waals surface area contributed by atoms with Gasteiger partial charge >= 0.3 is 0 Å². The first kappa shape index (κ1) is 22.0. The fourth-order valence-electron chi connectivity index (χ4n) is 4.35. The minimum Gasteiger partial charge on any atom is -0.300 e. The second-order valence-electron chi connectivity index (χ2n) is 8.22. The smallest absolute Gasteiger partial charge is 0.00951 e. The molecule has 0 N–H and O–H groups in total. The van der Waals surface area contributed by atoms with Crippen molar-refractivity contribution in [3.05, 3.63) is 0 Å². The van der Waals surface area contributed by atoms with E-state index in [9.17, 15) is 0 Å². The van der Waals surface area contributed by atoms with Gasteiger partial charge in [-0.1, -0.05) is 104 Å². The molecule has 0 aromatic carbocycles. The highest BCUT2D eigenvalue weighted by Gasteiger charge is 2.20. The summed E-state index contributed by atoms with van der Waals surface area (Å²) in [5.41, 5.74) is 0. The second kappa shape index (κ2) is 16.4. The van der Waals surface area contributed by atoms with Gasteiger partial charge in [0.25, 0.3) is 0 Å². The molecule has 1 aliphatic rings. The molecule has 1 saturated heterocycles. The lowest BCUT2D eigenvalue weighted by Gasteiger charge is -2.27. The predicted molar refractivity (Wildman–Crippen MR) is 110 cm³/mol. The molecule has 0 saturated carbocycles. The van der Waals surface area contributed by atoms with Crippen molar-refractivity contribution in [2.45, 2.75) is 135 Å². The molecule has 0 aliphatic carbocycles. The average Bonchev–Trinajstić information content (AvgIpc) is 3.12. The van der Waals surface area contributed by atoms with Crippen LogP contribution in [0.15, 0.2) is 0 Å². The Kier molecular flexibility index (Phi) is 15.1. The van der Waals surface area contributed by atoms with Crippen molar-refractivity contribution in [3.63, 3.8) is 0 Å². The lowest BCUT2D eigenvalue weighted by atomic mass is 10.0. The maximum absolute atomic E-state index is 2.78. The van der Waals surface area contributed by atoms with E-state index in [2.05, 4.69) is 18.7 Å². The number of unbranched alkanes of at least 4 members (excludes halogenated alkanes) is 12. The molecule has 1 atom stereocenters. The molecule has 0 bridgehead atoms. The van der Waals surface area contributed by atoms with Crippen molar-refractivity contribution in [3.8, 4) is 0 Å². The normalized spacial score (nSPS) is 16.8. The zero-order valence-corrected chi connectivity index (χ0v) is 17.2. The molecule has 0 amide bonds. The van der Waals surface area contributed by atoms with Gasteiger partial charge in [0.1, 0.15) is 0 Å². The standard InChI is InChI=1S/C23H47N/c1-3-5-6-7-8-9-10-11-12-13-14-15-16-20-23(19-4-2)24-21-17-18-22-24/h23H,3-22H2,1-2H3. The lowest BCUT2D eigenvalue weighted by Crippen LogP contribution is -2.32. The van der Waals surface area contributed by atoms with E-state index in [1.54, 1.807) is 0 Å². The number of rotatable bonds is 17. The molecule has 24 heavy (non-hydrogen) atoms. The summed E-state index contributed by atoms with van der Waals surface area (Å²) >= 11 is 0. The molecule has 1 nitrogen and oxygen atoms in total. The Balaban J connectivity index is 1.84. The molecule has 0 aromatic rings. The van der Waals surface area contributed by atoms with Gasteiger partial charge in [0.05, 0.1) is 0 Å². The van der Waals surface area contributed by atoms with E-state index in [1.807, 2.05) is 0 Å². The molecule has 1 fully saturated rings. The lowest BCUT2D eigenvalue weighted by molar-refractivity contribution is 0.213. The zero-order chi connectivity index (χ0) is 17.3. The van der Waals surface area contributed by atoms with Crippen LogP contribution >= 0.6 is 0 Å². The third-order valence-corrected chi connectivity index (χ3v) is 5.92. The number of likely N-dealkylation sites (tertiary alicyclic amines) is 1. The Morgan fingerprint density at radius 3 is 1.46 bits per heavy atom. The van der Waals surface area contributed by atoms with Gasteiger partial charge in [-0.05, 0) is 38.8 Å². The minimum absolute atomic E-state index is 0.908. The molecular weight excluding hydrogens is 290 g/mol. The molecule has 1 aliphatic heterocycles. The highest BCUT2D eigenvalue weighted by atomic mass is 15.2. The Hall–Kier alpha value is -0.0400. The summed E-state index contributed by atoms with van der Waals surface area (Å²) in [7, 11) is 0. The van der Waals surface area contributed by atoms with E-state index in [4.69, 9.17) is 0 Å². The predicted octanol–water partition coefficient (Wildman–Crippen LogP) is 7.73. The van der Waals surface area contributed by atoms with Gasteiger partial charge in [-0.3, -0.25) is 0 Å². The number of hydrogen-bond acceptors (Lipinski definition) is 1. The zero-order valence-electron chi connectivity index (χ0n) is 17.2. The summed E-state index contributed by atoms with van der Waals surface area (Å²) < 4.78 is 0. The summed E-state index contributed by atoms with van der Waals surface area (Å²) in [5, 5.41) is 0. The molecule has 1 unspecified atom stereocenters. The van der Waals surface area contributed by atoms with Crippen molar-refractivity contribution in [1.82, 2.24) is 4.90 Å². The van der Waals surface area contributed by atoms with Crippen LogP contribution in [0.4, 0.5) is 0 Å². The topological polar surface area (TPSA) is 3.24 Å². The van der Waals surface area contributed by atoms with Gasteiger partial charge in [-0.15, -0.1) is 0 Å². The van der Waals surface area contributed by atoms with Crippen LogP contribution in [0, 0.1) is 0 Å². The summed E-state index contributed by atoms with van der Waals surface area (Å²) in [6.45, 7) is 7.41. The van der Waals surface area contributed by atoms with Gasteiger partial charge in [-0.25, -0.2) is 0 Å².